The molecule has 0 spiro atoms. The zero-order valence-electron chi connectivity index (χ0n) is 5.77. The monoisotopic (exact) mass is 166 g/mol. The van der Waals surface area contributed by atoms with Crippen molar-refractivity contribution in [2.75, 3.05) is 13.2 Å². The Labute approximate surface area is 63.5 Å². The summed E-state index contributed by atoms with van der Waals surface area (Å²) in [5.74, 6) is -2.87. The number of hydrogen-bond acceptors (Lipinski definition) is 5. The first-order valence-electron chi connectivity index (χ1n) is 2.85. The maximum absolute atomic E-state index is 9.74. The number of aliphatic hydroxyl groups is 3. The fourth-order valence-corrected chi connectivity index (χ4v) is 0.218. The van der Waals surface area contributed by atoms with Gasteiger partial charge in [-0.1, -0.05) is 0 Å². The van der Waals surface area contributed by atoms with Crippen LogP contribution in [-0.4, -0.2) is 40.6 Å². The van der Waals surface area contributed by atoms with Crippen molar-refractivity contribution >= 4 is 0 Å². The Kier molecular flexibility index (Phi) is 4.50. The topological polar surface area (TPSA) is 99.1 Å². The lowest BCUT2D eigenvalue weighted by atomic mass is 10.3. The minimum atomic E-state index is -2.87. The Balaban J connectivity index is 3.55. The summed E-state index contributed by atoms with van der Waals surface area (Å²) in [6.45, 7) is 1.94. The van der Waals surface area contributed by atoms with Crippen LogP contribution in [0.2, 0.25) is 0 Å². The number of hydrogen-bond donors (Lipinski definition) is 3. The van der Waals surface area contributed by atoms with Crippen molar-refractivity contribution in [1.82, 2.24) is 0 Å². The fourth-order valence-electron chi connectivity index (χ4n) is 0.218. The third-order valence-corrected chi connectivity index (χ3v) is 0.782. The molecule has 3 N–H and O–H groups in total. The van der Waals surface area contributed by atoms with Crippen LogP contribution in [-0.2, 0) is 14.9 Å². The molecule has 0 aromatic heterocycles. The molecule has 1 atom stereocenters. The summed E-state index contributed by atoms with van der Waals surface area (Å²) in [5.41, 5.74) is 0. The van der Waals surface area contributed by atoms with E-state index in [4.69, 9.17) is 15.3 Å². The molecule has 0 heterocycles. The quantitative estimate of drug-likeness (QED) is 0.194. The Morgan fingerprint density at radius 1 is 1.55 bits per heavy atom. The average Bonchev–Trinajstić information content (AvgIpc) is 1.88. The molecule has 0 aliphatic carbocycles. The first-order chi connectivity index (χ1) is 5.00. The molecule has 11 heavy (non-hydrogen) atoms. The molecule has 6 heteroatoms. The van der Waals surface area contributed by atoms with E-state index in [0.717, 1.165) is 0 Å². The molecule has 2 radical (unpaired) electrons. The number of aliphatic hydroxyl groups excluding tert-OH is 1. The predicted octanol–water partition coefficient (Wildman–Crippen LogP) is -1.80. The van der Waals surface area contributed by atoms with Crippen LogP contribution in [0.1, 0.15) is 0 Å². The van der Waals surface area contributed by atoms with Gasteiger partial charge in [0.25, 0.3) is 0 Å². The Morgan fingerprint density at radius 3 is 2.45 bits per heavy atom. The largest absolute Gasteiger partial charge is 0.385 e. The van der Waals surface area contributed by atoms with E-state index < -0.39 is 18.7 Å². The van der Waals surface area contributed by atoms with Crippen molar-refractivity contribution in [1.29, 1.82) is 0 Å². The van der Waals surface area contributed by atoms with Gasteiger partial charge in [0.15, 0.2) is 0 Å². The van der Waals surface area contributed by atoms with E-state index in [-0.39, 0.29) is 6.61 Å². The van der Waals surface area contributed by atoms with Crippen molar-refractivity contribution < 1.29 is 30.2 Å². The van der Waals surface area contributed by atoms with Crippen LogP contribution in [0.15, 0.2) is 0 Å². The Bertz CT molecular complexity index is 101. The van der Waals surface area contributed by atoms with Gasteiger partial charge in [0.05, 0.1) is 0 Å². The minimum absolute atomic E-state index is 0.338. The van der Waals surface area contributed by atoms with Gasteiger partial charge in [-0.2, -0.15) is 4.89 Å². The van der Waals surface area contributed by atoms with E-state index >= 15 is 0 Å². The first kappa shape index (κ1) is 10.8. The summed E-state index contributed by atoms with van der Waals surface area (Å²) in [4.78, 5) is 7.83. The molecule has 0 bridgehead atoms. The van der Waals surface area contributed by atoms with Crippen LogP contribution in [0.5, 0.6) is 0 Å². The predicted molar refractivity (Wildman–Crippen MR) is 31.1 cm³/mol. The smallest absolute Gasteiger partial charge is 0.333 e. The summed E-state index contributed by atoms with van der Waals surface area (Å²) in [7, 11) is 0. The highest BCUT2D eigenvalue weighted by molar-refractivity contribution is 4.64. The molecule has 6 nitrogen and oxygen atoms in total. The molecule has 0 saturated heterocycles. The average molecular weight is 166 g/mol. The lowest BCUT2D eigenvalue weighted by Crippen LogP contribution is -2.43. The SMILES string of the molecule is [CH2]C(O)C(O)(O)OOCC[O]. The molecular weight excluding hydrogens is 156 g/mol. The highest BCUT2D eigenvalue weighted by Crippen LogP contribution is 2.07. The second kappa shape index (κ2) is 4.60. The van der Waals surface area contributed by atoms with Crippen LogP contribution < -0.4 is 0 Å². The maximum Gasteiger partial charge on any atom is 0.333 e. The molecule has 0 aromatic carbocycles. The summed E-state index contributed by atoms with van der Waals surface area (Å²) in [6.07, 6.45) is -1.77. The van der Waals surface area contributed by atoms with E-state index in [1.165, 1.54) is 0 Å². The normalized spacial score (nSPS) is 15.0. The first-order valence-corrected chi connectivity index (χ1v) is 2.85. The van der Waals surface area contributed by atoms with Crippen molar-refractivity contribution in [3.05, 3.63) is 6.92 Å². The van der Waals surface area contributed by atoms with Gasteiger partial charge in [-0.05, 0) is 6.92 Å². The lowest BCUT2D eigenvalue weighted by Gasteiger charge is -2.21. The van der Waals surface area contributed by atoms with E-state index in [0.29, 0.717) is 0 Å². The van der Waals surface area contributed by atoms with Gasteiger partial charge in [-0.25, -0.2) is 9.99 Å². The van der Waals surface area contributed by atoms with Gasteiger partial charge in [0, 0.05) is 0 Å². The van der Waals surface area contributed by atoms with Gasteiger partial charge in [-0.15, -0.1) is 0 Å². The van der Waals surface area contributed by atoms with Crippen molar-refractivity contribution in [3.8, 4) is 0 Å². The highest BCUT2D eigenvalue weighted by Gasteiger charge is 2.32. The summed E-state index contributed by atoms with van der Waals surface area (Å²) in [5, 5.41) is 35.4. The molecule has 0 fully saturated rings. The van der Waals surface area contributed by atoms with E-state index in [1.54, 1.807) is 0 Å². The molecule has 0 rings (SSSR count). The third-order valence-electron chi connectivity index (χ3n) is 0.782. The Hall–Kier alpha value is -0.240. The molecule has 0 saturated carbocycles. The molecular formula is C5H10O6. The van der Waals surface area contributed by atoms with E-state index in [2.05, 4.69) is 16.7 Å². The second-order valence-electron chi connectivity index (χ2n) is 1.78. The van der Waals surface area contributed by atoms with E-state index in [9.17, 15) is 5.11 Å². The molecule has 0 aliphatic heterocycles. The molecule has 0 aromatic rings. The summed E-state index contributed by atoms with van der Waals surface area (Å²) in [6, 6.07) is 0. The van der Waals surface area contributed by atoms with Gasteiger partial charge in [0.2, 0.25) is 0 Å². The van der Waals surface area contributed by atoms with Crippen LogP contribution in [0, 0.1) is 6.92 Å². The van der Waals surface area contributed by atoms with Crippen molar-refractivity contribution in [2.24, 2.45) is 0 Å². The lowest BCUT2D eigenvalue weighted by molar-refractivity contribution is -0.503. The molecule has 66 valence electrons. The zero-order valence-corrected chi connectivity index (χ0v) is 5.77. The van der Waals surface area contributed by atoms with Gasteiger partial charge < -0.3 is 15.3 Å². The van der Waals surface area contributed by atoms with Crippen LogP contribution in [0.25, 0.3) is 0 Å². The van der Waals surface area contributed by atoms with Gasteiger partial charge in [0.1, 0.15) is 19.3 Å². The summed E-state index contributed by atoms with van der Waals surface area (Å²) >= 11 is 0. The third kappa shape index (κ3) is 4.25. The Morgan fingerprint density at radius 2 is 2.09 bits per heavy atom. The fraction of sp³-hybridized carbons (Fsp3) is 0.800. The van der Waals surface area contributed by atoms with Crippen LogP contribution >= 0.6 is 0 Å². The molecule has 0 aliphatic rings. The minimum Gasteiger partial charge on any atom is -0.385 e. The number of rotatable bonds is 5. The second-order valence-corrected chi connectivity index (χ2v) is 1.78. The maximum atomic E-state index is 9.74. The standard InChI is InChI=1S/C5H10O6/c1-4(7)5(8,9)11-10-3-2-6/h4,7-9H,1-3H2. The van der Waals surface area contributed by atoms with Gasteiger partial charge in [-0.3, -0.25) is 0 Å². The molecule has 1 unspecified atom stereocenters. The molecule has 0 amide bonds. The van der Waals surface area contributed by atoms with Crippen molar-refractivity contribution in [2.45, 2.75) is 12.1 Å². The zero-order chi connectivity index (χ0) is 8.91. The van der Waals surface area contributed by atoms with Crippen molar-refractivity contribution in [3.63, 3.8) is 0 Å². The van der Waals surface area contributed by atoms with Gasteiger partial charge >= 0.3 is 5.97 Å². The van der Waals surface area contributed by atoms with Crippen LogP contribution in [0.3, 0.4) is 0 Å². The van der Waals surface area contributed by atoms with Crippen LogP contribution in [0.4, 0.5) is 0 Å². The highest BCUT2D eigenvalue weighted by atomic mass is 17.2. The summed E-state index contributed by atoms with van der Waals surface area (Å²) < 4.78 is 0. The van der Waals surface area contributed by atoms with E-state index in [1.807, 2.05) is 0 Å².